The highest BCUT2D eigenvalue weighted by Crippen LogP contribution is 2.29. The molecule has 1 aliphatic rings. The number of alkyl halides is 1. The number of anilines is 1. The highest BCUT2D eigenvalue weighted by molar-refractivity contribution is 7.89. The van der Waals surface area contributed by atoms with E-state index in [4.69, 9.17) is 16.3 Å². The molecule has 0 spiro atoms. The number of nitrogens with zero attached hydrogens (tertiary/aromatic N) is 3. The molecule has 0 radical (unpaired) electrons. The lowest BCUT2D eigenvalue weighted by atomic mass is 10.2. The monoisotopic (exact) mass is 513 g/mol. The maximum absolute atomic E-state index is 13.5. The minimum Gasteiger partial charge on any atom is -0.495 e. The molecule has 3 aromatic rings. The molecule has 0 N–H and O–H groups in total. The van der Waals surface area contributed by atoms with Crippen molar-refractivity contribution in [3.63, 3.8) is 0 Å². The van der Waals surface area contributed by atoms with Gasteiger partial charge in [-0.2, -0.15) is 4.31 Å². The number of halogens is 1. The summed E-state index contributed by atoms with van der Waals surface area (Å²) in [6.45, 7) is 1.99. The van der Waals surface area contributed by atoms with Gasteiger partial charge in [-0.15, -0.1) is 0 Å². The average Bonchev–Trinajstić information content (AvgIpc) is 2.92. The molecule has 35 heavy (non-hydrogen) atoms. The maximum Gasteiger partial charge on any atom is 0.256 e. The molecule has 9 heteroatoms. The van der Waals surface area contributed by atoms with Crippen LogP contribution in [0.5, 0.6) is 5.75 Å². The Hall–Kier alpha value is -3.07. The molecule has 1 heterocycles. The lowest BCUT2D eigenvalue weighted by Crippen LogP contribution is -2.54. The SMILES string of the molecule is COc1ccccc1N1CCN(C(=O)C(Cl)N(Cc2ccccc2)S(=O)(=O)c2ccccc2)CC1. The Morgan fingerprint density at radius 2 is 1.49 bits per heavy atom. The Bertz CT molecular complexity index is 1230. The Kier molecular flexibility index (Phi) is 7.95. The van der Waals surface area contributed by atoms with E-state index in [1.54, 1.807) is 30.2 Å². The maximum atomic E-state index is 13.5. The van der Waals surface area contributed by atoms with Crippen LogP contribution in [0.3, 0.4) is 0 Å². The number of carbonyl (C=O) groups excluding carboxylic acids is 1. The van der Waals surface area contributed by atoms with E-state index in [-0.39, 0.29) is 11.4 Å². The zero-order valence-corrected chi connectivity index (χ0v) is 21.0. The first kappa shape index (κ1) is 25.0. The molecule has 1 unspecified atom stereocenters. The number of benzene rings is 3. The topological polar surface area (TPSA) is 70.2 Å². The summed E-state index contributed by atoms with van der Waals surface area (Å²) in [6.07, 6.45) is 0. The third-order valence-electron chi connectivity index (χ3n) is 6.00. The third kappa shape index (κ3) is 5.61. The Morgan fingerprint density at radius 3 is 2.11 bits per heavy atom. The van der Waals surface area contributed by atoms with Gasteiger partial charge in [0.05, 0.1) is 17.7 Å². The zero-order chi connectivity index (χ0) is 24.8. The average molecular weight is 514 g/mol. The molecule has 1 atom stereocenters. The van der Waals surface area contributed by atoms with Crippen molar-refractivity contribution in [2.45, 2.75) is 16.9 Å². The van der Waals surface area contributed by atoms with Gasteiger partial charge in [0.15, 0.2) is 5.50 Å². The second-order valence-corrected chi connectivity index (χ2v) is 10.5. The first-order chi connectivity index (χ1) is 16.9. The van der Waals surface area contributed by atoms with Gasteiger partial charge in [-0.3, -0.25) is 4.79 Å². The van der Waals surface area contributed by atoms with Gasteiger partial charge < -0.3 is 14.5 Å². The summed E-state index contributed by atoms with van der Waals surface area (Å²) in [4.78, 5) is 17.3. The van der Waals surface area contributed by atoms with Crippen molar-refractivity contribution in [2.75, 3.05) is 38.2 Å². The number of para-hydroxylation sites is 2. The lowest BCUT2D eigenvalue weighted by Gasteiger charge is -2.38. The molecule has 0 aromatic heterocycles. The van der Waals surface area contributed by atoms with Crippen molar-refractivity contribution < 1.29 is 17.9 Å². The summed E-state index contributed by atoms with van der Waals surface area (Å²) in [5.41, 5.74) is 0.326. The number of hydrogen-bond acceptors (Lipinski definition) is 5. The van der Waals surface area contributed by atoms with Gasteiger partial charge in [-0.05, 0) is 29.8 Å². The Balaban J connectivity index is 1.53. The van der Waals surface area contributed by atoms with Gasteiger partial charge in [-0.1, -0.05) is 72.3 Å². The van der Waals surface area contributed by atoms with Crippen molar-refractivity contribution in [2.24, 2.45) is 0 Å². The van der Waals surface area contributed by atoms with E-state index < -0.39 is 21.4 Å². The van der Waals surface area contributed by atoms with E-state index in [2.05, 4.69) is 4.90 Å². The first-order valence-corrected chi connectivity index (χ1v) is 13.2. The second-order valence-electron chi connectivity index (χ2n) is 8.17. The van der Waals surface area contributed by atoms with Crippen LogP contribution in [0, 0.1) is 0 Å². The zero-order valence-electron chi connectivity index (χ0n) is 19.5. The fourth-order valence-corrected chi connectivity index (χ4v) is 6.06. The lowest BCUT2D eigenvalue weighted by molar-refractivity contribution is -0.133. The minimum absolute atomic E-state index is 0.0147. The van der Waals surface area contributed by atoms with Gasteiger partial charge in [0.2, 0.25) is 10.0 Å². The fourth-order valence-electron chi connectivity index (χ4n) is 4.11. The summed E-state index contributed by atoms with van der Waals surface area (Å²) in [5, 5.41) is 0. The van der Waals surface area contributed by atoms with Gasteiger partial charge in [0, 0.05) is 32.7 Å². The third-order valence-corrected chi connectivity index (χ3v) is 8.37. The number of methoxy groups -OCH3 is 1. The number of carbonyl (C=O) groups is 1. The van der Waals surface area contributed by atoms with E-state index in [9.17, 15) is 13.2 Å². The molecule has 0 bridgehead atoms. The molecule has 1 aliphatic heterocycles. The quantitative estimate of drug-likeness (QED) is 0.338. The van der Waals surface area contributed by atoms with Crippen LogP contribution in [0.1, 0.15) is 5.56 Å². The second kappa shape index (κ2) is 11.1. The first-order valence-electron chi connectivity index (χ1n) is 11.3. The van der Waals surface area contributed by atoms with Crippen LogP contribution in [-0.2, 0) is 21.4 Å². The van der Waals surface area contributed by atoms with Gasteiger partial charge in [-0.25, -0.2) is 8.42 Å². The number of hydrogen-bond donors (Lipinski definition) is 0. The van der Waals surface area contributed by atoms with Crippen molar-refractivity contribution in [3.8, 4) is 5.75 Å². The van der Waals surface area contributed by atoms with E-state index in [0.29, 0.717) is 26.2 Å². The molecule has 4 rings (SSSR count). The largest absolute Gasteiger partial charge is 0.495 e. The number of amides is 1. The highest BCUT2D eigenvalue weighted by atomic mass is 35.5. The molecule has 3 aromatic carbocycles. The fraction of sp³-hybridized carbons (Fsp3) is 0.269. The van der Waals surface area contributed by atoms with Crippen LogP contribution in [-0.4, -0.2) is 62.3 Å². The van der Waals surface area contributed by atoms with Gasteiger partial charge in [0.1, 0.15) is 5.75 Å². The predicted octanol–water partition coefficient (Wildman–Crippen LogP) is 3.80. The van der Waals surface area contributed by atoms with Gasteiger partial charge in [0.25, 0.3) is 5.91 Å². The summed E-state index contributed by atoms with van der Waals surface area (Å²) in [7, 11) is -2.39. The standard InChI is InChI=1S/C26H28ClN3O4S/c1-34-24-15-9-8-14-23(24)28-16-18-29(19-17-28)26(31)25(27)30(20-21-10-4-2-5-11-21)35(32,33)22-12-6-3-7-13-22/h2-15,25H,16-20H2,1H3. The Labute approximate surface area is 211 Å². The Morgan fingerprint density at radius 1 is 0.914 bits per heavy atom. The summed E-state index contributed by atoms with van der Waals surface area (Å²) in [5.74, 6) is 0.340. The molecule has 0 saturated carbocycles. The highest BCUT2D eigenvalue weighted by Gasteiger charge is 2.37. The normalized spacial score (nSPS) is 15.2. The van der Waals surface area contributed by atoms with Crippen LogP contribution in [0.2, 0.25) is 0 Å². The molecular weight excluding hydrogens is 486 g/mol. The van der Waals surface area contributed by atoms with Crippen LogP contribution < -0.4 is 9.64 Å². The van der Waals surface area contributed by atoms with Crippen LogP contribution in [0.25, 0.3) is 0 Å². The van der Waals surface area contributed by atoms with E-state index in [1.807, 2.05) is 54.6 Å². The molecular formula is C26H28ClN3O4S. The molecule has 7 nitrogen and oxygen atoms in total. The van der Waals surface area contributed by atoms with Crippen LogP contribution in [0.4, 0.5) is 5.69 Å². The van der Waals surface area contributed by atoms with Crippen molar-refractivity contribution in [1.29, 1.82) is 0 Å². The van der Waals surface area contributed by atoms with Crippen LogP contribution in [0.15, 0.2) is 89.8 Å². The van der Waals surface area contributed by atoms with E-state index in [0.717, 1.165) is 21.3 Å². The molecule has 184 valence electrons. The molecule has 1 fully saturated rings. The predicted molar refractivity (Wildman–Crippen MR) is 137 cm³/mol. The minimum atomic E-state index is -4.02. The number of sulfonamides is 1. The van der Waals surface area contributed by atoms with Crippen molar-refractivity contribution >= 4 is 33.2 Å². The van der Waals surface area contributed by atoms with E-state index >= 15 is 0 Å². The summed E-state index contributed by atoms with van der Waals surface area (Å²) in [6, 6.07) is 24.9. The van der Waals surface area contributed by atoms with Crippen LogP contribution >= 0.6 is 11.6 Å². The molecule has 0 aliphatic carbocycles. The number of ether oxygens (including phenoxy) is 1. The summed E-state index contributed by atoms with van der Waals surface area (Å²) < 4.78 is 33.6. The molecule has 1 saturated heterocycles. The van der Waals surface area contributed by atoms with Gasteiger partial charge >= 0.3 is 0 Å². The smallest absolute Gasteiger partial charge is 0.256 e. The van der Waals surface area contributed by atoms with Crippen molar-refractivity contribution in [1.82, 2.24) is 9.21 Å². The number of piperazine rings is 1. The van der Waals surface area contributed by atoms with E-state index in [1.165, 1.54) is 12.1 Å². The van der Waals surface area contributed by atoms with Crippen molar-refractivity contribution in [3.05, 3.63) is 90.5 Å². The summed E-state index contributed by atoms with van der Waals surface area (Å²) >= 11 is 6.64. The number of rotatable bonds is 8. The molecule has 1 amide bonds.